The molecule has 3 heteroatoms. The third-order valence-corrected chi connectivity index (χ3v) is 2.71. The summed E-state index contributed by atoms with van der Waals surface area (Å²) in [6, 6.07) is 4.08. The van der Waals surface area contributed by atoms with Crippen molar-refractivity contribution in [3.63, 3.8) is 0 Å². The maximum Gasteiger partial charge on any atom is 0.126 e. The Kier molecular flexibility index (Phi) is 2.30. The summed E-state index contributed by atoms with van der Waals surface area (Å²) in [6.07, 6.45) is 0.759. The first-order chi connectivity index (χ1) is 6.20. The van der Waals surface area contributed by atoms with Crippen LogP contribution in [0.1, 0.15) is 11.1 Å². The molecule has 70 valence electrons. The monoisotopic (exact) mass is 242 g/mol. The van der Waals surface area contributed by atoms with Crippen molar-refractivity contribution in [3.8, 4) is 5.75 Å². The van der Waals surface area contributed by atoms with Gasteiger partial charge in [0.05, 0.1) is 6.61 Å². The largest absolute Gasteiger partial charge is 0.487 e. The highest BCUT2D eigenvalue weighted by molar-refractivity contribution is 9.10. The van der Waals surface area contributed by atoms with Crippen molar-refractivity contribution in [3.05, 3.63) is 27.7 Å². The average molecular weight is 243 g/mol. The Morgan fingerprint density at radius 1 is 1.62 bits per heavy atom. The number of hydrogen-bond donors (Lipinski definition) is 1. The third-order valence-electron chi connectivity index (χ3n) is 2.25. The standard InChI is InChI=1S/C10H11BrO2/c1-6-2-8(11)3-7-4-9(5-12)13-10(6)7/h2-3,9,12H,4-5H2,1H3. The molecule has 2 nitrogen and oxygen atoms in total. The van der Waals surface area contributed by atoms with Gasteiger partial charge in [0, 0.05) is 10.9 Å². The summed E-state index contributed by atoms with van der Waals surface area (Å²) >= 11 is 3.44. The van der Waals surface area contributed by atoms with E-state index in [4.69, 9.17) is 9.84 Å². The van der Waals surface area contributed by atoms with Gasteiger partial charge in [0.25, 0.3) is 0 Å². The first-order valence-electron chi connectivity index (χ1n) is 4.27. The summed E-state index contributed by atoms with van der Waals surface area (Å²) in [4.78, 5) is 0. The van der Waals surface area contributed by atoms with Gasteiger partial charge in [0.2, 0.25) is 0 Å². The summed E-state index contributed by atoms with van der Waals surface area (Å²) in [7, 11) is 0. The minimum atomic E-state index is -0.0528. The second-order valence-electron chi connectivity index (χ2n) is 3.34. The quantitative estimate of drug-likeness (QED) is 0.817. The van der Waals surface area contributed by atoms with E-state index in [0.717, 1.165) is 22.2 Å². The van der Waals surface area contributed by atoms with Gasteiger partial charge in [-0.3, -0.25) is 0 Å². The number of aryl methyl sites for hydroxylation is 1. The molecule has 0 bridgehead atoms. The SMILES string of the molecule is Cc1cc(Br)cc2c1OC(CO)C2. The van der Waals surface area contributed by atoms with Crippen LogP contribution < -0.4 is 4.74 Å². The Labute approximate surface area is 85.7 Å². The second kappa shape index (κ2) is 3.31. The smallest absolute Gasteiger partial charge is 0.126 e. The van der Waals surface area contributed by atoms with Gasteiger partial charge in [-0.1, -0.05) is 15.9 Å². The van der Waals surface area contributed by atoms with E-state index in [0.29, 0.717) is 0 Å². The normalized spacial score (nSPS) is 19.8. The van der Waals surface area contributed by atoms with Crippen molar-refractivity contribution < 1.29 is 9.84 Å². The van der Waals surface area contributed by atoms with Gasteiger partial charge in [-0.25, -0.2) is 0 Å². The molecule has 1 heterocycles. The zero-order valence-electron chi connectivity index (χ0n) is 7.38. The van der Waals surface area contributed by atoms with E-state index >= 15 is 0 Å². The Hall–Kier alpha value is -0.540. The van der Waals surface area contributed by atoms with Crippen LogP contribution in [0.4, 0.5) is 0 Å². The molecule has 0 fully saturated rings. The molecule has 0 aromatic heterocycles. The molecule has 1 aliphatic rings. The van der Waals surface area contributed by atoms with E-state index in [1.807, 2.05) is 13.0 Å². The summed E-state index contributed by atoms with van der Waals surface area (Å²) in [5.41, 5.74) is 2.31. The van der Waals surface area contributed by atoms with Crippen LogP contribution in [0.15, 0.2) is 16.6 Å². The van der Waals surface area contributed by atoms with Gasteiger partial charge in [-0.05, 0) is 30.2 Å². The minimum Gasteiger partial charge on any atom is -0.487 e. The first-order valence-corrected chi connectivity index (χ1v) is 5.06. The molecule has 0 spiro atoms. The lowest BCUT2D eigenvalue weighted by Crippen LogP contribution is -2.17. The minimum absolute atomic E-state index is 0.0528. The molecule has 13 heavy (non-hydrogen) atoms. The first kappa shape index (κ1) is 9.03. The highest BCUT2D eigenvalue weighted by Crippen LogP contribution is 2.34. The van der Waals surface area contributed by atoms with Crippen molar-refractivity contribution in [2.24, 2.45) is 0 Å². The van der Waals surface area contributed by atoms with Gasteiger partial charge in [0.1, 0.15) is 11.9 Å². The van der Waals surface area contributed by atoms with Crippen LogP contribution in [0.3, 0.4) is 0 Å². The van der Waals surface area contributed by atoms with E-state index in [9.17, 15) is 0 Å². The van der Waals surface area contributed by atoms with Crippen LogP contribution in [-0.4, -0.2) is 17.8 Å². The van der Waals surface area contributed by atoms with Crippen LogP contribution in [0, 0.1) is 6.92 Å². The van der Waals surface area contributed by atoms with E-state index in [1.165, 1.54) is 5.56 Å². The Bertz CT molecular complexity index is 336. The lowest BCUT2D eigenvalue weighted by atomic mass is 10.1. The molecule has 0 saturated carbocycles. The number of fused-ring (bicyclic) bond motifs is 1. The van der Waals surface area contributed by atoms with Gasteiger partial charge < -0.3 is 9.84 Å². The van der Waals surface area contributed by atoms with Crippen molar-refractivity contribution >= 4 is 15.9 Å². The molecule has 1 N–H and O–H groups in total. The van der Waals surface area contributed by atoms with E-state index < -0.39 is 0 Å². The van der Waals surface area contributed by atoms with Crippen molar-refractivity contribution in [2.75, 3.05) is 6.61 Å². The van der Waals surface area contributed by atoms with Crippen molar-refractivity contribution in [2.45, 2.75) is 19.4 Å². The predicted molar refractivity (Wildman–Crippen MR) is 54.1 cm³/mol. The maximum absolute atomic E-state index is 8.96. The zero-order valence-corrected chi connectivity index (χ0v) is 8.97. The number of aliphatic hydroxyl groups is 1. The summed E-state index contributed by atoms with van der Waals surface area (Å²) < 4.78 is 6.65. The van der Waals surface area contributed by atoms with E-state index in [1.54, 1.807) is 0 Å². The van der Waals surface area contributed by atoms with Crippen molar-refractivity contribution in [1.82, 2.24) is 0 Å². The molecule has 0 radical (unpaired) electrons. The lowest BCUT2D eigenvalue weighted by molar-refractivity contribution is 0.134. The molecule has 1 aromatic rings. The van der Waals surface area contributed by atoms with Gasteiger partial charge >= 0.3 is 0 Å². The Morgan fingerprint density at radius 3 is 3.08 bits per heavy atom. The van der Waals surface area contributed by atoms with Gasteiger partial charge in [0.15, 0.2) is 0 Å². The van der Waals surface area contributed by atoms with Crippen LogP contribution >= 0.6 is 15.9 Å². The fourth-order valence-electron chi connectivity index (χ4n) is 1.67. The second-order valence-corrected chi connectivity index (χ2v) is 4.25. The molecule has 0 amide bonds. The maximum atomic E-state index is 8.96. The highest BCUT2D eigenvalue weighted by atomic mass is 79.9. The molecular formula is C10H11BrO2. The molecule has 0 aliphatic carbocycles. The molecule has 1 aliphatic heterocycles. The van der Waals surface area contributed by atoms with E-state index in [-0.39, 0.29) is 12.7 Å². The number of rotatable bonds is 1. The van der Waals surface area contributed by atoms with Crippen LogP contribution in [0.2, 0.25) is 0 Å². The highest BCUT2D eigenvalue weighted by Gasteiger charge is 2.23. The third kappa shape index (κ3) is 1.58. The number of ether oxygens (including phenoxy) is 1. The Balaban J connectivity index is 2.40. The number of aliphatic hydroxyl groups excluding tert-OH is 1. The number of hydrogen-bond acceptors (Lipinski definition) is 2. The topological polar surface area (TPSA) is 29.5 Å². The fourth-order valence-corrected chi connectivity index (χ4v) is 2.29. The summed E-state index contributed by atoms with van der Waals surface area (Å²) in [5.74, 6) is 0.947. The molecular weight excluding hydrogens is 232 g/mol. The Morgan fingerprint density at radius 2 is 2.38 bits per heavy atom. The number of benzene rings is 1. The van der Waals surface area contributed by atoms with Gasteiger partial charge in [-0.15, -0.1) is 0 Å². The van der Waals surface area contributed by atoms with Crippen LogP contribution in [-0.2, 0) is 6.42 Å². The summed E-state index contributed by atoms with van der Waals surface area (Å²) in [5, 5.41) is 8.96. The van der Waals surface area contributed by atoms with E-state index in [2.05, 4.69) is 22.0 Å². The molecule has 0 saturated heterocycles. The fraction of sp³-hybridized carbons (Fsp3) is 0.400. The van der Waals surface area contributed by atoms with Crippen LogP contribution in [0.25, 0.3) is 0 Å². The molecule has 1 aromatic carbocycles. The molecule has 1 atom stereocenters. The van der Waals surface area contributed by atoms with Gasteiger partial charge in [-0.2, -0.15) is 0 Å². The lowest BCUT2D eigenvalue weighted by Gasteiger charge is -2.07. The summed E-state index contributed by atoms with van der Waals surface area (Å²) in [6.45, 7) is 2.11. The number of halogens is 1. The zero-order chi connectivity index (χ0) is 9.42. The average Bonchev–Trinajstić information content (AvgIpc) is 2.47. The molecule has 2 rings (SSSR count). The van der Waals surface area contributed by atoms with Crippen molar-refractivity contribution in [1.29, 1.82) is 0 Å². The van der Waals surface area contributed by atoms with Crippen LogP contribution in [0.5, 0.6) is 5.75 Å². The molecule has 1 unspecified atom stereocenters. The predicted octanol–water partition coefficient (Wildman–Crippen LogP) is 2.05.